The molecule has 1 nitrogen and oxygen atoms in total. The fourth-order valence-electron chi connectivity index (χ4n) is 1.03. The summed E-state index contributed by atoms with van der Waals surface area (Å²) in [5.74, 6) is -0.858. The number of halogens is 3. The molecule has 0 aliphatic heterocycles. The first-order chi connectivity index (χ1) is 6.19. The van der Waals surface area contributed by atoms with Gasteiger partial charge in [-0.05, 0) is 6.42 Å². The van der Waals surface area contributed by atoms with Gasteiger partial charge in [-0.2, -0.15) is 0 Å². The predicted octanol–water partition coefficient (Wildman–Crippen LogP) is 2.75. The monoisotopic (exact) mass is 206 g/mol. The largest absolute Gasteiger partial charge is 0.497 e. The van der Waals surface area contributed by atoms with Gasteiger partial charge in [-0.1, -0.05) is 0 Å². The van der Waals surface area contributed by atoms with E-state index in [9.17, 15) is 8.78 Å². The van der Waals surface area contributed by atoms with Crippen LogP contribution in [-0.4, -0.2) is 13.0 Å². The first-order valence-corrected chi connectivity index (χ1v) is 4.30. The summed E-state index contributed by atoms with van der Waals surface area (Å²) < 4.78 is 30.9. The topological polar surface area (TPSA) is 9.23 Å². The Bertz CT molecular complexity index is 279. The van der Waals surface area contributed by atoms with Crippen LogP contribution in [-0.2, 0) is 6.42 Å². The molecule has 0 bridgehead atoms. The first-order valence-electron chi connectivity index (χ1n) is 3.77. The lowest BCUT2D eigenvalue weighted by Crippen LogP contribution is -1.98. The van der Waals surface area contributed by atoms with Crippen molar-refractivity contribution in [2.75, 3.05) is 13.0 Å². The zero-order valence-corrected chi connectivity index (χ0v) is 7.87. The highest BCUT2D eigenvalue weighted by Gasteiger charge is 2.10. The number of hydrogen-bond donors (Lipinski definition) is 0. The Morgan fingerprint density at radius 2 is 1.85 bits per heavy atom. The molecule has 1 rings (SSSR count). The van der Waals surface area contributed by atoms with Gasteiger partial charge in [0.1, 0.15) is 17.4 Å². The van der Waals surface area contributed by atoms with Crippen molar-refractivity contribution in [1.29, 1.82) is 0 Å². The van der Waals surface area contributed by atoms with Gasteiger partial charge in [0.15, 0.2) is 0 Å². The second kappa shape index (κ2) is 4.42. The van der Waals surface area contributed by atoms with Crippen molar-refractivity contribution in [3.05, 3.63) is 29.3 Å². The Balaban J connectivity index is 3.07. The lowest BCUT2D eigenvalue weighted by molar-refractivity contribution is 0.405. The van der Waals surface area contributed by atoms with Crippen LogP contribution in [0.5, 0.6) is 5.75 Å². The summed E-state index contributed by atoms with van der Waals surface area (Å²) >= 11 is 5.39. The molecule has 0 atom stereocenters. The van der Waals surface area contributed by atoms with E-state index >= 15 is 0 Å². The Kier molecular flexibility index (Phi) is 3.48. The van der Waals surface area contributed by atoms with Gasteiger partial charge in [0.05, 0.1) is 7.11 Å². The maximum Gasteiger partial charge on any atom is 0.133 e. The number of rotatable bonds is 3. The molecule has 0 aromatic heterocycles. The minimum atomic E-state index is -0.613. The van der Waals surface area contributed by atoms with Crippen LogP contribution in [0.4, 0.5) is 8.78 Å². The maximum atomic E-state index is 13.1. The van der Waals surface area contributed by atoms with Gasteiger partial charge >= 0.3 is 0 Å². The minimum Gasteiger partial charge on any atom is -0.497 e. The molecule has 72 valence electrons. The third-order valence-corrected chi connectivity index (χ3v) is 1.88. The van der Waals surface area contributed by atoms with Gasteiger partial charge in [0, 0.05) is 23.6 Å². The summed E-state index contributed by atoms with van der Waals surface area (Å²) in [7, 11) is 1.36. The lowest BCUT2D eigenvalue weighted by Gasteiger charge is -2.05. The molecule has 0 aliphatic rings. The first kappa shape index (κ1) is 10.3. The quantitative estimate of drug-likeness (QED) is 0.691. The summed E-state index contributed by atoms with van der Waals surface area (Å²) in [6.45, 7) is 0. The highest BCUT2D eigenvalue weighted by molar-refractivity contribution is 6.17. The van der Waals surface area contributed by atoms with Crippen molar-refractivity contribution in [3.63, 3.8) is 0 Å². The number of benzene rings is 1. The van der Waals surface area contributed by atoms with Crippen molar-refractivity contribution < 1.29 is 13.5 Å². The van der Waals surface area contributed by atoms with Crippen LogP contribution < -0.4 is 4.74 Å². The van der Waals surface area contributed by atoms with E-state index in [1.54, 1.807) is 0 Å². The maximum absolute atomic E-state index is 13.1. The SMILES string of the molecule is COc1cc(F)c(CCCl)c(F)c1. The Morgan fingerprint density at radius 3 is 2.23 bits per heavy atom. The fraction of sp³-hybridized carbons (Fsp3) is 0.333. The molecule has 0 aliphatic carbocycles. The number of hydrogen-bond acceptors (Lipinski definition) is 1. The van der Waals surface area contributed by atoms with Gasteiger partial charge in [-0.25, -0.2) is 8.78 Å². The molecular weight excluding hydrogens is 198 g/mol. The van der Waals surface area contributed by atoms with Crippen molar-refractivity contribution >= 4 is 11.6 Å². The highest BCUT2D eigenvalue weighted by Crippen LogP contribution is 2.20. The van der Waals surface area contributed by atoms with E-state index in [1.807, 2.05) is 0 Å². The molecule has 0 N–H and O–H groups in total. The zero-order valence-electron chi connectivity index (χ0n) is 7.11. The summed E-state index contributed by atoms with van der Waals surface area (Å²) in [6.07, 6.45) is 0.184. The van der Waals surface area contributed by atoms with E-state index in [2.05, 4.69) is 0 Å². The molecule has 0 spiro atoms. The van der Waals surface area contributed by atoms with E-state index in [4.69, 9.17) is 16.3 Å². The molecule has 1 aromatic rings. The molecular formula is C9H9ClF2O. The molecule has 0 saturated heterocycles. The normalized spacial score (nSPS) is 10.2. The van der Waals surface area contributed by atoms with E-state index in [-0.39, 0.29) is 23.6 Å². The smallest absolute Gasteiger partial charge is 0.133 e. The number of ether oxygens (including phenoxy) is 1. The van der Waals surface area contributed by atoms with Crippen molar-refractivity contribution in [2.24, 2.45) is 0 Å². The van der Waals surface area contributed by atoms with Crippen LogP contribution in [0.15, 0.2) is 12.1 Å². The van der Waals surface area contributed by atoms with E-state index in [0.717, 1.165) is 12.1 Å². The van der Waals surface area contributed by atoms with Crippen LogP contribution in [0.25, 0.3) is 0 Å². The summed E-state index contributed by atoms with van der Waals surface area (Å²) in [5.41, 5.74) is 0.0100. The molecule has 1 aromatic carbocycles. The minimum absolute atomic E-state index is 0.0100. The van der Waals surface area contributed by atoms with Crippen molar-refractivity contribution in [1.82, 2.24) is 0 Å². The molecule has 0 heterocycles. The van der Waals surface area contributed by atoms with Crippen LogP contribution in [0, 0.1) is 11.6 Å². The molecule has 0 unspecified atom stereocenters. The zero-order chi connectivity index (χ0) is 9.84. The van der Waals surface area contributed by atoms with E-state index in [1.165, 1.54) is 7.11 Å². The Hall–Kier alpha value is -0.830. The summed E-state index contributed by atoms with van der Waals surface area (Å²) in [5, 5.41) is 0. The average Bonchev–Trinajstić information content (AvgIpc) is 2.11. The number of methoxy groups -OCH3 is 1. The van der Waals surface area contributed by atoms with E-state index in [0.29, 0.717) is 0 Å². The van der Waals surface area contributed by atoms with Gasteiger partial charge < -0.3 is 4.74 Å². The van der Waals surface area contributed by atoms with Crippen molar-refractivity contribution in [2.45, 2.75) is 6.42 Å². The molecule has 0 fully saturated rings. The van der Waals surface area contributed by atoms with Gasteiger partial charge in [-0.3, -0.25) is 0 Å². The Morgan fingerprint density at radius 1 is 1.31 bits per heavy atom. The fourth-order valence-corrected chi connectivity index (χ4v) is 1.22. The van der Waals surface area contributed by atoms with Crippen LogP contribution in [0.1, 0.15) is 5.56 Å². The third kappa shape index (κ3) is 2.31. The molecule has 0 amide bonds. The van der Waals surface area contributed by atoms with Crippen LogP contribution in [0.3, 0.4) is 0 Å². The van der Waals surface area contributed by atoms with Crippen LogP contribution in [0.2, 0.25) is 0 Å². The second-order valence-electron chi connectivity index (χ2n) is 2.51. The third-order valence-electron chi connectivity index (χ3n) is 1.69. The average molecular weight is 207 g/mol. The van der Waals surface area contributed by atoms with E-state index < -0.39 is 11.6 Å². The standard InChI is InChI=1S/C9H9ClF2O/c1-13-6-4-8(11)7(2-3-10)9(12)5-6/h4-5H,2-3H2,1H3. The second-order valence-corrected chi connectivity index (χ2v) is 2.89. The summed E-state index contributed by atoms with van der Waals surface area (Å²) in [6, 6.07) is 2.29. The lowest BCUT2D eigenvalue weighted by atomic mass is 10.1. The predicted molar refractivity (Wildman–Crippen MR) is 47.3 cm³/mol. The molecule has 0 saturated carbocycles. The number of alkyl halides is 1. The molecule has 4 heteroatoms. The van der Waals surface area contributed by atoms with Crippen molar-refractivity contribution in [3.8, 4) is 5.75 Å². The van der Waals surface area contributed by atoms with Crippen LogP contribution >= 0.6 is 11.6 Å². The highest BCUT2D eigenvalue weighted by atomic mass is 35.5. The molecule has 0 radical (unpaired) electrons. The Labute approximate surface area is 80.3 Å². The van der Waals surface area contributed by atoms with Gasteiger partial charge in [0.2, 0.25) is 0 Å². The van der Waals surface area contributed by atoms with Gasteiger partial charge in [0.25, 0.3) is 0 Å². The summed E-state index contributed by atoms with van der Waals surface area (Å²) in [4.78, 5) is 0. The van der Waals surface area contributed by atoms with Gasteiger partial charge in [-0.15, -0.1) is 11.6 Å². The molecule has 13 heavy (non-hydrogen) atoms.